The molecule has 0 unspecified atom stereocenters. The maximum atomic E-state index is 10.7. The molecule has 0 saturated carbocycles. The molecule has 66 valence electrons. The summed E-state index contributed by atoms with van der Waals surface area (Å²) in [6.45, 7) is 3.55. The highest BCUT2D eigenvalue weighted by atomic mass is 16.5. The predicted molar refractivity (Wildman–Crippen MR) is 42.7 cm³/mol. The summed E-state index contributed by atoms with van der Waals surface area (Å²) in [5.74, 6) is 1.15. The van der Waals surface area contributed by atoms with Gasteiger partial charge in [0.05, 0.1) is 6.42 Å². The third-order valence-electron chi connectivity index (χ3n) is 1.38. The number of carbonyl (C=O) groups is 1. The van der Waals surface area contributed by atoms with Gasteiger partial charge >= 0.3 is 0 Å². The van der Waals surface area contributed by atoms with Crippen molar-refractivity contribution in [3.63, 3.8) is 0 Å². The lowest BCUT2D eigenvalue weighted by atomic mass is 10.3. The van der Waals surface area contributed by atoms with Crippen molar-refractivity contribution in [2.75, 3.05) is 0 Å². The molecule has 4 heteroatoms. The minimum absolute atomic E-state index is 0.0432. The Morgan fingerprint density at radius 1 is 1.58 bits per heavy atom. The molecule has 0 aromatic carbocycles. The fourth-order valence-corrected chi connectivity index (χ4v) is 0.900. The Morgan fingerprint density at radius 2 is 2.33 bits per heavy atom. The van der Waals surface area contributed by atoms with E-state index in [1.807, 2.05) is 6.92 Å². The van der Waals surface area contributed by atoms with E-state index in [1.54, 1.807) is 0 Å². The van der Waals surface area contributed by atoms with Crippen LogP contribution in [0.2, 0.25) is 0 Å². The molecule has 0 N–H and O–H groups in total. The molecule has 0 radical (unpaired) electrons. The molecular formula is C8H12N2O2. The van der Waals surface area contributed by atoms with Crippen LogP contribution >= 0.6 is 0 Å². The van der Waals surface area contributed by atoms with Gasteiger partial charge in [0.15, 0.2) is 5.82 Å². The van der Waals surface area contributed by atoms with Gasteiger partial charge in [0.1, 0.15) is 5.78 Å². The summed E-state index contributed by atoms with van der Waals surface area (Å²) in [4.78, 5) is 14.7. The average molecular weight is 168 g/mol. The van der Waals surface area contributed by atoms with Gasteiger partial charge in [0.2, 0.25) is 5.89 Å². The summed E-state index contributed by atoms with van der Waals surface area (Å²) < 4.78 is 4.85. The van der Waals surface area contributed by atoms with Gasteiger partial charge in [-0.3, -0.25) is 4.79 Å². The second-order valence-electron chi connectivity index (χ2n) is 2.73. The van der Waals surface area contributed by atoms with Crippen molar-refractivity contribution in [2.24, 2.45) is 0 Å². The van der Waals surface area contributed by atoms with Crippen molar-refractivity contribution in [2.45, 2.75) is 33.1 Å². The molecule has 1 aromatic heterocycles. The second-order valence-corrected chi connectivity index (χ2v) is 2.73. The first kappa shape index (κ1) is 8.90. The van der Waals surface area contributed by atoms with E-state index >= 15 is 0 Å². The number of ketones is 1. The average Bonchev–Trinajstić information content (AvgIpc) is 2.36. The second kappa shape index (κ2) is 3.99. The van der Waals surface area contributed by atoms with Gasteiger partial charge in [-0.2, -0.15) is 4.98 Å². The Hall–Kier alpha value is -1.19. The number of rotatable bonds is 4. The summed E-state index contributed by atoms with van der Waals surface area (Å²) in [5, 5.41) is 3.72. The maximum Gasteiger partial charge on any atom is 0.234 e. The Balaban J connectivity index is 2.58. The summed E-state index contributed by atoms with van der Waals surface area (Å²) >= 11 is 0. The lowest BCUT2D eigenvalue weighted by Crippen LogP contribution is -1.96. The third-order valence-corrected chi connectivity index (χ3v) is 1.38. The molecule has 0 saturated heterocycles. The molecule has 0 bridgehead atoms. The van der Waals surface area contributed by atoms with Gasteiger partial charge in [0, 0.05) is 6.42 Å². The Bertz CT molecular complexity index is 268. The van der Waals surface area contributed by atoms with Crippen LogP contribution in [0.15, 0.2) is 4.52 Å². The number of aromatic nitrogens is 2. The predicted octanol–water partition coefficient (Wildman–Crippen LogP) is 1.15. The van der Waals surface area contributed by atoms with Gasteiger partial charge in [-0.25, -0.2) is 0 Å². The zero-order chi connectivity index (χ0) is 8.97. The van der Waals surface area contributed by atoms with E-state index in [-0.39, 0.29) is 12.2 Å². The van der Waals surface area contributed by atoms with Crippen molar-refractivity contribution in [3.8, 4) is 0 Å². The van der Waals surface area contributed by atoms with Gasteiger partial charge in [0.25, 0.3) is 0 Å². The Kier molecular flexibility index (Phi) is 2.96. The van der Waals surface area contributed by atoms with Crippen LogP contribution in [-0.4, -0.2) is 15.9 Å². The van der Waals surface area contributed by atoms with E-state index in [9.17, 15) is 4.79 Å². The molecule has 12 heavy (non-hydrogen) atoms. The largest absolute Gasteiger partial charge is 0.339 e. The van der Waals surface area contributed by atoms with E-state index < -0.39 is 0 Å². The molecule has 0 aliphatic heterocycles. The van der Waals surface area contributed by atoms with Crippen molar-refractivity contribution in [1.82, 2.24) is 10.1 Å². The fourth-order valence-electron chi connectivity index (χ4n) is 0.900. The molecule has 0 spiro atoms. The quantitative estimate of drug-likeness (QED) is 0.676. The summed E-state index contributed by atoms with van der Waals surface area (Å²) in [5.41, 5.74) is 0. The summed E-state index contributed by atoms with van der Waals surface area (Å²) in [7, 11) is 0. The SMILES string of the molecule is CCCc1noc(CC(C)=O)n1. The van der Waals surface area contributed by atoms with Crippen LogP contribution in [0, 0.1) is 0 Å². The summed E-state index contributed by atoms with van der Waals surface area (Å²) in [6.07, 6.45) is 2.04. The van der Waals surface area contributed by atoms with Crippen LogP contribution in [0.1, 0.15) is 32.0 Å². The molecule has 1 aromatic rings. The van der Waals surface area contributed by atoms with Gasteiger partial charge < -0.3 is 4.52 Å². The molecule has 1 rings (SSSR count). The smallest absolute Gasteiger partial charge is 0.234 e. The number of nitrogens with zero attached hydrogens (tertiary/aromatic N) is 2. The zero-order valence-electron chi connectivity index (χ0n) is 7.33. The number of hydrogen-bond acceptors (Lipinski definition) is 4. The minimum Gasteiger partial charge on any atom is -0.339 e. The highest BCUT2D eigenvalue weighted by Crippen LogP contribution is 2.00. The van der Waals surface area contributed by atoms with Crippen LogP contribution in [0.25, 0.3) is 0 Å². The van der Waals surface area contributed by atoms with Crippen LogP contribution in [0.4, 0.5) is 0 Å². The van der Waals surface area contributed by atoms with Crippen molar-refractivity contribution in [3.05, 3.63) is 11.7 Å². The molecule has 0 aliphatic rings. The van der Waals surface area contributed by atoms with Crippen molar-refractivity contribution >= 4 is 5.78 Å². The van der Waals surface area contributed by atoms with E-state index in [2.05, 4.69) is 10.1 Å². The standard InChI is InChI=1S/C8H12N2O2/c1-3-4-7-9-8(12-10-7)5-6(2)11/h3-5H2,1-2H3. The van der Waals surface area contributed by atoms with Crippen molar-refractivity contribution in [1.29, 1.82) is 0 Å². The first-order valence-electron chi connectivity index (χ1n) is 4.03. The molecule has 0 aliphatic carbocycles. The zero-order valence-corrected chi connectivity index (χ0v) is 7.33. The maximum absolute atomic E-state index is 10.7. The number of hydrogen-bond donors (Lipinski definition) is 0. The molecule has 0 atom stereocenters. The van der Waals surface area contributed by atoms with E-state index in [0.29, 0.717) is 11.7 Å². The highest BCUT2D eigenvalue weighted by Gasteiger charge is 2.06. The van der Waals surface area contributed by atoms with Gasteiger partial charge in [-0.05, 0) is 13.3 Å². The lowest BCUT2D eigenvalue weighted by Gasteiger charge is -1.84. The number of carbonyl (C=O) groups excluding carboxylic acids is 1. The molecule has 0 amide bonds. The van der Waals surface area contributed by atoms with Gasteiger partial charge in [-0.15, -0.1) is 0 Å². The number of Topliss-reactive ketones (excluding diaryl/α,β-unsaturated/α-hetero) is 1. The number of aryl methyl sites for hydroxylation is 1. The molecular weight excluding hydrogens is 156 g/mol. The summed E-state index contributed by atoms with van der Waals surface area (Å²) in [6, 6.07) is 0. The van der Waals surface area contributed by atoms with Crippen LogP contribution in [0.3, 0.4) is 0 Å². The minimum atomic E-state index is 0.0432. The van der Waals surface area contributed by atoms with Crippen LogP contribution in [0.5, 0.6) is 0 Å². The van der Waals surface area contributed by atoms with Crippen molar-refractivity contribution < 1.29 is 9.32 Å². The monoisotopic (exact) mass is 168 g/mol. The van der Waals surface area contributed by atoms with Gasteiger partial charge in [-0.1, -0.05) is 12.1 Å². The molecule has 1 heterocycles. The highest BCUT2D eigenvalue weighted by molar-refractivity contribution is 5.77. The topological polar surface area (TPSA) is 56.0 Å². The normalized spacial score (nSPS) is 10.2. The van der Waals surface area contributed by atoms with E-state index in [0.717, 1.165) is 12.8 Å². The van der Waals surface area contributed by atoms with E-state index in [1.165, 1.54) is 6.92 Å². The molecule has 0 fully saturated rings. The van der Waals surface area contributed by atoms with Crippen LogP contribution in [-0.2, 0) is 17.6 Å². The lowest BCUT2D eigenvalue weighted by molar-refractivity contribution is -0.116. The van der Waals surface area contributed by atoms with E-state index in [4.69, 9.17) is 4.52 Å². The fraction of sp³-hybridized carbons (Fsp3) is 0.625. The first-order valence-corrected chi connectivity index (χ1v) is 4.03. The molecule has 4 nitrogen and oxygen atoms in total. The third kappa shape index (κ3) is 2.45. The first-order chi connectivity index (χ1) is 5.72. The Labute approximate surface area is 71.0 Å². The Morgan fingerprint density at radius 3 is 2.92 bits per heavy atom. The van der Waals surface area contributed by atoms with Crippen LogP contribution < -0.4 is 0 Å².